The van der Waals surface area contributed by atoms with E-state index in [2.05, 4.69) is 18.8 Å². The lowest BCUT2D eigenvalue weighted by Crippen LogP contribution is -2.34. The van der Waals surface area contributed by atoms with E-state index < -0.39 is 0 Å². The van der Waals surface area contributed by atoms with Gasteiger partial charge in [-0.25, -0.2) is 0 Å². The highest BCUT2D eigenvalue weighted by Gasteiger charge is 2.13. The van der Waals surface area contributed by atoms with Crippen molar-refractivity contribution < 1.29 is 9.53 Å². The zero-order valence-corrected chi connectivity index (χ0v) is 12.0. The van der Waals surface area contributed by atoms with Crippen molar-refractivity contribution in [2.45, 2.75) is 33.2 Å². The first-order valence-corrected chi connectivity index (χ1v) is 6.69. The smallest absolute Gasteiger partial charge is 0.179 e. The Morgan fingerprint density at radius 2 is 2.00 bits per heavy atom. The lowest BCUT2D eigenvalue weighted by molar-refractivity contribution is 0.0951. The third-order valence-corrected chi connectivity index (χ3v) is 2.72. The van der Waals surface area contributed by atoms with Crippen LogP contribution in [0.25, 0.3) is 0 Å². The summed E-state index contributed by atoms with van der Waals surface area (Å²) in [5.41, 5.74) is 1.68. The fraction of sp³-hybridized carbons (Fsp3) is 0.438. The highest BCUT2D eigenvalue weighted by Crippen LogP contribution is 2.14. The second-order valence-electron chi connectivity index (χ2n) is 4.81. The van der Waals surface area contributed by atoms with E-state index in [9.17, 15) is 4.79 Å². The zero-order chi connectivity index (χ0) is 14.3. The van der Waals surface area contributed by atoms with Crippen molar-refractivity contribution in [1.29, 1.82) is 0 Å². The van der Waals surface area contributed by atoms with Gasteiger partial charge in [0.1, 0.15) is 12.4 Å². The SMILES string of the molecule is C=C(C)COc1ccc(C(=O)C(C)NCCC)cc1. The molecule has 0 aromatic heterocycles. The van der Waals surface area contributed by atoms with Crippen LogP contribution in [0.2, 0.25) is 0 Å². The Labute approximate surface area is 115 Å². The molecular weight excluding hydrogens is 238 g/mol. The minimum absolute atomic E-state index is 0.111. The van der Waals surface area contributed by atoms with Crippen molar-refractivity contribution >= 4 is 5.78 Å². The first-order chi connectivity index (χ1) is 9.04. The molecule has 0 bridgehead atoms. The van der Waals surface area contributed by atoms with Crippen LogP contribution < -0.4 is 10.1 Å². The van der Waals surface area contributed by atoms with Gasteiger partial charge in [0.25, 0.3) is 0 Å². The molecular formula is C16H23NO2. The molecule has 1 rings (SSSR count). The fourth-order valence-corrected chi connectivity index (χ4v) is 1.63. The summed E-state index contributed by atoms with van der Waals surface area (Å²) in [7, 11) is 0. The highest BCUT2D eigenvalue weighted by atomic mass is 16.5. The van der Waals surface area contributed by atoms with Crippen LogP contribution in [0.1, 0.15) is 37.6 Å². The molecule has 1 aromatic rings. The zero-order valence-electron chi connectivity index (χ0n) is 12.0. The summed E-state index contributed by atoms with van der Waals surface area (Å²) in [5, 5.41) is 3.19. The molecule has 0 heterocycles. The molecule has 1 N–H and O–H groups in total. The molecule has 0 aliphatic heterocycles. The molecule has 3 heteroatoms. The van der Waals surface area contributed by atoms with Gasteiger partial charge >= 0.3 is 0 Å². The largest absolute Gasteiger partial charge is 0.489 e. The van der Waals surface area contributed by atoms with E-state index in [1.165, 1.54) is 0 Å². The second-order valence-corrected chi connectivity index (χ2v) is 4.81. The molecule has 0 radical (unpaired) electrons. The number of rotatable bonds is 8. The Kier molecular flexibility index (Phi) is 6.30. The molecule has 0 saturated carbocycles. The predicted molar refractivity (Wildman–Crippen MR) is 78.8 cm³/mol. The maximum atomic E-state index is 12.1. The third kappa shape index (κ3) is 5.26. The molecule has 104 valence electrons. The molecule has 0 saturated heterocycles. The second kappa shape index (κ2) is 7.74. The van der Waals surface area contributed by atoms with Gasteiger partial charge in [0.2, 0.25) is 0 Å². The molecule has 1 unspecified atom stereocenters. The average Bonchev–Trinajstić information content (AvgIpc) is 2.42. The standard InChI is InChI=1S/C16H23NO2/c1-5-10-17-13(4)16(18)14-6-8-15(9-7-14)19-11-12(2)3/h6-9,13,17H,2,5,10-11H2,1,3-4H3. The molecule has 0 aliphatic carbocycles. The summed E-state index contributed by atoms with van der Waals surface area (Å²) >= 11 is 0. The van der Waals surface area contributed by atoms with E-state index in [-0.39, 0.29) is 11.8 Å². The predicted octanol–water partition coefficient (Wildman–Crippen LogP) is 3.21. The van der Waals surface area contributed by atoms with Crippen LogP contribution in [0.4, 0.5) is 0 Å². The van der Waals surface area contributed by atoms with Gasteiger partial charge < -0.3 is 10.1 Å². The average molecular weight is 261 g/mol. The van der Waals surface area contributed by atoms with Gasteiger partial charge in [0.15, 0.2) is 5.78 Å². The molecule has 3 nitrogen and oxygen atoms in total. The van der Waals surface area contributed by atoms with Gasteiger partial charge in [-0.1, -0.05) is 13.5 Å². The monoisotopic (exact) mass is 261 g/mol. The van der Waals surface area contributed by atoms with E-state index >= 15 is 0 Å². The number of ether oxygens (including phenoxy) is 1. The van der Waals surface area contributed by atoms with Gasteiger partial charge in [-0.05, 0) is 56.7 Å². The number of carbonyl (C=O) groups excluding carboxylic acids is 1. The van der Waals surface area contributed by atoms with Crippen LogP contribution in [0.15, 0.2) is 36.4 Å². The Balaban J connectivity index is 2.59. The first-order valence-electron chi connectivity index (χ1n) is 6.69. The van der Waals surface area contributed by atoms with Gasteiger partial charge in [0, 0.05) is 5.56 Å². The summed E-state index contributed by atoms with van der Waals surface area (Å²) in [4.78, 5) is 12.1. The normalized spacial score (nSPS) is 11.9. The van der Waals surface area contributed by atoms with Gasteiger partial charge in [-0.3, -0.25) is 4.79 Å². The van der Waals surface area contributed by atoms with E-state index in [1.807, 2.05) is 26.0 Å². The van der Waals surface area contributed by atoms with Crippen molar-refractivity contribution in [3.63, 3.8) is 0 Å². The lowest BCUT2D eigenvalue weighted by atomic mass is 10.1. The molecule has 19 heavy (non-hydrogen) atoms. The van der Waals surface area contributed by atoms with Crippen molar-refractivity contribution in [1.82, 2.24) is 5.32 Å². The minimum Gasteiger partial charge on any atom is -0.489 e. The summed E-state index contributed by atoms with van der Waals surface area (Å²) in [5.74, 6) is 0.869. The van der Waals surface area contributed by atoms with Crippen LogP contribution in [0.3, 0.4) is 0 Å². The number of Topliss-reactive ketones (excluding diaryl/α,β-unsaturated/α-hetero) is 1. The summed E-state index contributed by atoms with van der Waals surface area (Å²) in [6.45, 7) is 11.0. The van der Waals surface area contributed by atoms with Crippen molar-refractivity contribution in [3.05, 3.63) is 42.0 Å². The fourth-order valence-electron chi connectivity index (χ4n) is 1.63. The number of ketones is 1. The molecule has 0 aliphatic rings. The van der Waals surface area contributed by atoms with Crippen LogP contribution in [0, 0.1) is 0 Å². The number of benzene rings is 1. The molecule has 0 fully saturated rings. The molecule has 0 amide bonds. The third-order valence-electron chi connectivity index (χ3n) is 2.72. The number of hydrogen-bond donors (Lipinski definition) is 1. The van der Waals surface area contributed by atoms with Crippen molar-refractivity contribution in [3.8, 4) is 5.75 Å². The number of carbonyl (C=O) groups is 1. The maximum Gasteiger partial charge on any atom is 0.179 e. The van der Waals surface area contributed by atoms with Crippen LogP contribution in [0.5, 0.6) is 5.75 Å². The van der Waals surface area contributed by atoms with Crippen molar-refractivity contribution in [2.24, 2.45) is 0 Å². The van der Waals surface area contributed by atoms with Crippen LogP contribution in [-0.4, -0.2) is 25.0 Å². The van der Waals surface area contributed by atoms with Gasteiger partial charge in [-0.15, -0.1) is 0 Å². The Hall–Kier alpha value is -1.61. The van der Waals surface area contributed by atoms with Gasteiger partial charge in [-0.2, -0.15) is 0 Å². The summed E-state index contributed by atoms with van der Waals surface area (Å²) in [6, 6.07) is 7.11. The number of hydrogen-bond acceptors (Lipinski definition) is 3. The van der Waals surface area contributed by atoms with Crippen LogP contribution >= 0.6 is 0 Å². The summed E-state index contributed by atoms with van der Waals surface area (Å²) in [6.07, 6.45) is 1.02. The molecule has 0 spiro atoms. The Morgan fingerprint density at radius 1 is 1.37 bits per heavy atom. The minimum atomic E-state index is -0.151. The molecule has 1 atom stereocenters. The molecule has 1 aromatic carbocycles. The quantitative estimate of drug-likeness (QED) is 0.577. The summed E-state index contributed by atoms with van der Waals surface area (Å²) < 4.78 is 5.50. The van der Waals surface area contributed by atoms with E-state index in [0.717, 1.165) is 24.3 Å². The Morgan fingerprint density at radius 3 is 2.53 bits per heavy atom. The first kappa shape index (κ1) is 15.4. The lowest BCUT2D eigenvalue weighted by Gasteiger charge is -2.12. The van der Waals surface area contributed by atoms with Crippen LogP contribution in [-0.2, 0) is 0 Å². The van der Waals surface area contributed by atoms with E-state index in [0.29, 0.717) is 12.2 Å². The number of nitrogens with one attached hydrogen (secondary N) is 1. The maximum absolute atomic E-state index is 12.1. The highest BCUT2D eigenvalue weighted by molar-refractivity contribution is 5.99. The Bertz CT molecular complexity index is 423. The van der Waals surface area contributed by atoms with E-state index in [1.54, 1.807) is 12.1 Å². The van der Waals surface area contributed by atoms with E-state index in [4.69, 9.17) is 4.74 Å². The topological polar surface area (TPSA) is 38.3 Å². The van der Waals surface area contributed by atoms with Gasteiger partial charge in [0.05, 0.1) is 6.04 Å². The van der Waals surface area contributed by atoms with Crippen molar-refractivity contribution in [2.75, 3.05) is 13.2 Å².